The molecular weight excluding hydrogens is 258 g/mol. The second kappa shape index (κ2) is 8.25. The molecule has 0 rings (SSSR count). The minimum atomic E-state index is -0.819. The fourth-order valence-electron chi connectivity index (χ4n) is 1.93. The third-order valence-corrected chi connectivity index (χ3v) is 3.13. The summed E-state index contributed by atoms with van der Waals surface area (Å²) in [4.78, 5) is 24.5. The van der Waals surface area contributed by atoms with Gasteiger partial charge in [-0.05, 0) is 18.3 Å². The molecule has 1 N–H and O–H groups in total. The smallest absolute Gasteiger partial charge is 0.319 e. The van der Waals surface area contributed by atoms with Gasteiger partial charge in [-0.25, -0.2) is 0 Å². The number of esters is 1. The maximum atomic E-state index is 12.4. The number of hydrogen-bond acceptors (Lipinski definition) is 4. The molecule has 0 spiro atoms. The SMILES string of the molecule is CCOC(=O)C(C(=O)NC(COC)C(C)C)C(C)(C)C. The molecule has 2 unspecified atom stereocenters. The third-order valence-electron chi connectivity index (χ3n) is 3.13. The van der Waals surface area contributed by atoms with Crippen molar-refractivity contribution in [1.29, 1.82) is 0 Å². The van der Waals surface area contributed by atoms with E-state index in [-0.39, 0.29) is 24.5 Å². The van der Waals surface area contributed by atoms with Crippen LogP contribution in [0.15, 0.2) is 0 Å². The Hall–Kier alpha value is -1.10. The minimum absolute atomic E-state index is 0.119. The Balaban J connectivity index is 5.00. The van der Waals surface area contributed by atoms with Gasteiger partial charge in [0, 0.05) is 7.11 Å². The van der Waals surface area contributed by atoms with Gasteiger partial charge >= 0.3 is 5.97 Å². The Morgan fingerprint density at radius 3 is 2.10 bits per heavy atom. The molecule has 1 amide bonds. The van der Waals surface area contributed by atoms with Gasteiger partial charge in [-0.2, -0.15) is 0 Å². The summed E-state index contributed by atoms with van der Waals surface area (Å²) in [5, 5.41) is 2.90. The van der Waals surface area contributed by atoms with E-state index in [0.29, 0.717) is 6.61 Å². The van der Waals surface area contributed by atoms with Crippen LogP contribution in [0.5, 0.6) is 0 Å². The predicted molar refractivity (Wildman–Crippen MR) is 78.2 cm³/mol. The van der Waals surface area contributed by atoms with E-state index in [0.717, 1.165) is 0 Å². The van der Waals surface area contributed by atoms with E-state index < -0.39 is 17.3 Å². The number of carbonyl (C=O) groups is 2. The molecule has 118 valence electrons. The lowest BCUT2D eigenvalue weighted by Gasteiger charge is -2.30. The summed E-state index contributed by atoms with van der Waals surface area (Å²) in [7, 11) is 1.59. The van der Waals surface area contributed by atoms with Gasteiger partial charge in [-0.1, -0.05) is 34.6 Å². The van der Waals surface area contributed by atoms with Gasteiger partial charge in [0.2, 0.25) is 5.91 Å². The normalized spacial score (nSPS) is 14.8. The molecule has 0 bridgehead atoms. The zero-order chi connectivity index (χ0) is 15.9. The Morgan fingerprint density at radius 2 is 1.75 bits per heavy atom. The molecule has 0 aromatic heterocycles. The average Bonchev–Trinajstić information content (AvgIpc) is 2.26. The van der Waals surface area contributed by atoms with Crippen molar-refractivity contribution in [3.8, 4) is 0 Å². The molecule has 0 saturated heterocycles. The van der Waals surface area contributed by atoms with Crippen LogP contribution in [0.25, 0.3) is 0 Å². The van der Waals surface area contributed by atoms with Gasteiger partial charge in [0.1, 0.15) is 5.92 Å². The van der Waals surface area contributed by atoms with E-state index in [4.69, 9.17) is 9.47 Å². The first-order chi connectivity index (χ1) is 9.15. The standard InChI is InChI=1S/C15H29NO4/c1-8-20-14(18)12(15(4,5)6)13(17)16-11(9-19-7)10(2)3/h10-12H,8-9H2,1-7H3,(H,16,17). The second-order valence-electron chi connectivity index (χ2n) is 6.37. The highest BCUT2D eigenvalue weighted by molar-refractivity contribution is 5.98. The van der Waals surface area contributed by atoms with Gasteiger partial charge in [0.25, 0.3) is 0 Å². The van der Waals surface area contributed by atoms with Crippen LogP contribution in [0, 0.1) is 17.3 Å². The molecule has 0 aliphatic rings. The maximum Gasteiger partial charge on any atom is 0.319 e. The first-order valence-electron chi connectivity index (χ1n) is 7.11. The van der Waals surface area contributed by atoms with Crippen molar-refractivity contribution >= 4 is 11.9 Å². The monoisotopic (exact) mass is 287 g/mol. The van der Waals surface area contributed by atoms with Gasteiger partial charge < -0.3 is 14.8 Å². The third kappa shape index (κ3) is 5.90. The van der Waals surface area contributed by atoms with E-state index >= 15 is 0 Å². The van der Waals surface area contributed by atoms with Crippen LogP contribution in [0.1, 0.15) is 41.5 Å². The van der Waals surface area contributed by atoms with Crippen molar-refractivity contribution in [2.24, 2.45) is 17.3 Å². The van der Waals surface area contributed by atoms with E-state index in [1.807, 2.05) is 34.6 Å². The molecule has 0 aromatic carbocycles. The van der Waals surface area contributed by atoms with Crippen LogP contribution < -0.4 is 5.32 Å². The van der Waals surface area contributed by atoms with Crippen LogP contribution in [0.3, 0.4) is 0 Å². The van der Waals surface area contributed by atoms with Crippen molar-refractivity contribution in [1.82, 2.24) is 5.32 Å². The number of rotatable bonds is 7. The maximum absolute atomic E-state index is 12.4. The van der Waals surface area contributed by atoms with Crippen molar-refractivity contribution in [2.75, 3.05) is 20.3 Å². The molecule has 0 heterocycles. The lowest BCUT2D eigenvalue weighted by Crippen LogP contribution is -2.49. The van der Waals surface area contributed by atoms with Crippen molar-refractivity contribution < 1.29 is 19.1 Å². The number of methoxy groups -OCH3 is 1. The fraction of sp³-hybridized carbons (Fsp3) is 0.867. The average molecular weight is 287 g/mol. The summed E-state index contributed by atoms with van der Waals surface area (Å²) in [6.07, 6.45) is 0. The van der Waals surface area contributed by atoms with Gasteiger partial charge in [0.15, 0.2) is 0 Å². The van der Waals surface area contributed by atoms with Crippen molar-refractivity contribution in [3.63, 3.8) is 0 Å². The summed E-state index contributed by atoms with van der Waals surface area (Å²) in [5.41, 5.74) is -0.495. The first-order valence-corrected chi connectivity index (χ1v) is 7.11. The van der Waals surface area contributed by atoms with Crippen LogP contribution in [-0.2, 0) is 19.1 Å². The van der Waals surface area contributed by atoms with Gasteiger partial charge in [0.05, 0.1) is 19.3 Å². The number of carbonyl (C=O) groups excluding carboxylic acids is 2. The predicted octanol–water partition coefficient (Wildman–Crippen LogP) is 2.00. The Kier molecular flexibility index (Phi) is 7.79. The van der Waals surface area contributed by atoms with E-state index in [9.17, 15) is 9.59 Å². The quantitative estimate of drug-likeness (QED) is 0.574. The molecule has 0 radical (unpaired) electrons. The Labute approximate surface area is 122 Å². The van der Waals surface area contributed by atoms with Crippen LogP contribution in [0.2, 0.25) is 0 Å². The van der Waals surface area contributed by atoms with Crippen LogP contribution >= 0.6 is 0 Å². The molecule has 0 fully saturated rings. The molecule has 5 nitrogen and oxygen atoms in total. The topological polar surface area (TPSA) is 64.6 Å². The molecule has 5 heteroatoms. The largest absolute Gasteiger partial charge is 0.465 e. The highest BCUT2D eigenvalue weighted by Gasteiger charge is 2.39. The Bertz CT molecular complexity index is 320. The second-order valence-corrected chi connectivity index (χ2v) is 6.37. The van der Waals surface area contributed by atoms with E-state index in [2.05, 4.69) is 5.32 Å². The number of amides is 1. The summed E-state index contributed by atoms with van der Waals surface area (Å²) in [6, 6.07) is -0.119. The highest BCUT2D eigenvalue weighted by Crippen LogP contribution is 2.27. The summed E-state index contributed by atoms with van der Waals surface area (Å²) in [6.45, 7) is 12.0. The lowest BCUT2D eigenvalue weighted by atomic mass is 9.80. The van der Waals surface area contributed by atoms with Gasteiger partial charge in [-0.3, -0.25) is 9.59 Å². The first kappa shape index (κ1) is 18.9. The summed E-state index contributed by atoms with van der Waals surface area (Å²) < 4.78 is 10.1. The fourth-order valence-corrected chi connectivity index (χ4v) is 1.93. The van der Waals surface area contributed by atoms with Crippen molar-refractivity contribution in [2.45, 2.75) is 47.6 Å². The number of hydrogen-bond donors (Lipinski definition) is 1. The molecule has 0 aromatic rings. The summed E-state index contributed by atoms with van der Waals surface area (Å²) >= 11 is 0. The van der Waals surface area contributed by atoms with Crippen LogP contribution in [-0.4, -0.2) is 38.2 Å². The molecule has 20 heavy (non-hydrogen) atoms. The molecule has 0 saturated carbocycles. The van der Waals surface area contributed by atoms with E-state index in [1.54, 1.807) is 14.0 Å². The van der Waals surface area contributed by atoms with Crippen LogP contribution in [0.4, 0.5) is 0 Å². The molecule has 2 atom stereocenters. The highest BCUT2D eigenvalue weighted by atomic mass is 16.5. The van der Waals surface area contributed by atoms with Gasteiger partial charge in [-0.15, -0.1) is 0 Å². The Morgan fingerprint density at radius 1 is 1.20 bits per heavy atom. The zero-order valence-corrected chi connectivity index (χ0v) is 13.8. The molecular formula is C15H29NO4. The number of nitrogens with one attached hydrogen (secondary N) is 1. The number of ether oxygens (including phenoxy) is 2. The van der Waals surface area contributed by atoms with E-state index in [1.165, 1.54) is 0 Å². The molecule has 0 aliphatic carbocycles. The minimum Gasteiger partial charge on any atom is -0.465 e. The lowest BCUT2D eigenvalue weighted by molar-refractivity contribution is -0.157. The van der Waals surface area contributed by atoms with Crippen molar-refractivity contribution in [3.05, 3.63) is 0 Å². The summed E-state index contributed by atoms with van der Waals surface area (Å²) in [5.74, 6) is -1.37. The molecule has 0 aliphatic heterocycles. The zero-order valence-electron chi connectivity index (χ0n) is 13.8.